The van der Waals surface area contributed by atoms with Gasteiger partial charge in [0.25, 0.3) is 0 Å². The summed E-state index contributed by atoms with van der Waals surface area (Å²) in [6, 6.07) is 6.81. The zero-order valence-electron chi connectivity index (χ0n) is 9.51. The van der Waals surface area contributed by atoms with Gasteiger partial charge in [0.05, 0.1) is 27.6 Å². The number of aromatic nitrogens is 1. The Labute approximate surface area is 107 Å². The average Bonchev–Trinajstić information content (AvgIpc) is 2.92. The van der Waals surface area contributed by atoms with Crippen LogP contribution in [0.3, 0.4) is 0 Å². The van der Waals surface area contributed by atoms with Crippen molar-refractivity contribution in [3.63, 3.8) is 0 Å². The van der Waals surface area contributed by atoms with E-state index in [1.54, 1.807) is 24.5 Å². The number of carbonyl (C=O) groups is 1. The number of fused-ring (bicyclic) bond motifs is 1. The SMILES string of the molecule is Cc1occc1-c1nc2ccc(C(=O)O)cc2s1. The van der Waals surface area contributed by atoms with Gasteiger partial charge in [-0.05, 0) is 31.2 Å². The molecule has 1 aromatic carbocycles. The van der Waals surface area contributed by atoms with Crippen LogP contribution in [0.15, 0.2) is 34.9 Å². The van der Waals surface area contributed by atoms with Crippen molar-refractivity contribution in [3.05, 3.63) is 41.9 Å². The zero-order chi connectivity index (χ0) is 12.7. The Kier molecular flexibility index (Phi) is 2.41. The molecule has 90 valence electrons. The highest BCUT2D eigenvalue weighted by molar-refractivity contribution is 7.21. The third-order valence-electron chi connectivity index (χ3n) is 2.72. The van der Waals surface area contributed by atoms with Crippen molar-refractivity contribution in [2.45, 2.75) is 6.92 Å². The molecular formula is C13H9NO3S. The lowest BCUT2D eigenvalue weighted by atomic mass is 10.2. The Morgan fingerprint density at radius 2 is 2.22 bits per heavy atom. The van der Waals surface area contributed by atoms with E-state index in [9.17, 15) is 4.79 Å². The smallest absolute Gasteiger partial charge is 0.335 e. The minimum atomic E-state index is -0.925. The first-order valence-corrected chi connectivity index (χ1v) is 6.15. The van der Waals surface area contributed by atoms with Crippen LogP contribution in [0, 0.1) is 6.92 Å². The molecule has 0 aliphatic carbocycles. The fourth-order valence-corrected chi connectivity index (χ4v) is 2.86. The number of rotatable bonds is 2. The number of benzene rings is 1. The maximum absolute atomic E-state index is 10.9. The molecule has 0 radical (unpaired) electrons. The maximum atomic E-state index is 10.9. The van der Waals surface area contributed by atoms with E-state index in [4.69, 9.17) is 9.52 Å². The fourth-order valence-electron chi connectivity index (χ4n) is 1.78. The van der Waals surface area contributed by atoms with E-state index in [0.717, 1.165) is 26.5 Å². The highest BCUT2D eigenvalue weighted by Gasteiger charge is 2.12. The van der Waals surface area contributed by atoms with E-state index in [-0.39, 0.29) is 5.56 Å². The van der Waals surface area contributed by atoms with Crippen LogP contribution in [-0.2, 0) is 0 Å². The van der Waals surface area contributed by atoms with Crippen molar-refractivity contribution in [1.82, 2.24) is 4.98 Å². The van der Waals surface area contributed by atoms with Crippen LogP contribution in [0.1, 0.15) is 16.1 Å². The quantitative estimate of drug-likeness (QED) is 0.764. The number of aromatic carboxylic acids is 1. The standard InChI is InChI=1S/C13H9NO3S/c1-7-9(4-5-17-7)12-14-10-3-2-8(13(15)16)6-11(10)18-12/h2-6H,1H3,(H,15,16). The lowest BCUT2D eigenvalue weighted by Gasteiger charge is -1.91. The molecule has 4 nitrogen and oxygen atoms in total. The molecule has 0 saturated carbocycles. The molecule has 0 aliphatic heterocycles. The molecule has 5 heteroatoms. The monoisotopic (exact) mass is 259 g/mol. The van der Waals surface area contributed by atoms with Crippen molar-refractivity contribution in [2.75, 3.05) is 0 Å². The second kappa shape index (κ2) is 3.96. The zero-order valence-corrected chi connectivity index (χ0v) is 10.3. The van der Waals surface area contributed by atoms with E-state index in [0.29, 0.717) is 0 Å². The number of hydrogen-bond donors (Lipinski definition) is 1. The van der Waals surface area contributed by atoms with Gasteiger partial charge in [-0.15, -0.1) is 11.3 Å². The molecule has 18 heavy (non-hydrogen) atoms. The molecule has 0 amide bonds. The summed E-state index contributed by atoms with van der Waals surface area (Å²) in [6.07, 6.45) is 1.62. The first-order chi connectivity index (χ1) is 8.65. The van der Waals surface area contributed by atoms with E-state index in [1.165, 1.54) is 11.3 Å². The summed E-state index contributed by atoms with van der Waals surface area (Å²) in [5.74, 6) is -0.112. The van der Waals surface area contributed by atoms with Gasteiger partial charge in [-0.25, -0.2) is 9.78 Å². The van der Waals surface area contributed by atoms with E-state index < -0.39 is 5.97 Å². The first-order valence-electron chi connectivity index (χ1n) is 5.33. The molecule has 0 unspecified atom stereocenters. The largest absolute Gasteiger partial charge is 0.478 e. The maximum Gasteiger partial charge on any atom is 0.335 e. The molecule has 0 bridgehead atoms. The number of furan rings is 1. The van der Waals surface area contributed by atoms with Gasteiger partial charge in [-0.2, -0.15) is 0 Å². The number of nitrogens with zero attached hydrogens (tertiary/aromatic N) is 1. The second-order valence-corrected chi connectivity index (χ2v) is 4.93. The predicted octanol–water partition coefficient (Wildman–Crippen LogP) is 3.56. The summed E-state index contributed by atoms with van der Waals surface area (Å²) in [7, 11) is 0. The van der Waals surface area contributed by atoms with Gasteiger partial charge in [0.15, 0.2) is 0 Å². The van der Waals surface area contributed by atoms with Crippen LogP contribution >= 0.6 is 11.3 Å². The van der Waals surface area contributed by atoms with Gasteiger partial charge < -0.3 is 9.52 Å². The number of thiazole rings is 1. The summed E-state index contributed by atoms with van der Waals surface area (Å²) in [5.41, 5.74) is 2.04. The van der Waals surface area contributed by atoms with E-state index in [2.05, 4.69) is 4.98 Å². The molecular weight excluding hydrogens is 250 g/mol. The predicted molar refractivity (Wildman–Crippen MR) is 69.0 cm³/mol. The molecule has 3 rings (SSSR count). The topological polar surface area (TPSA) is 63.3 Å². The lowest BCUT2D eigenvalue weighted by Crippen LogP contribution is -1.94. The third-order valence-corrected chi connectivity index (χ3v) is 3.78. The Hall–Kier alpha value is -2.14. The Bertz CT molecular complexity index is 742. The van der Waals surface area contributed by atoms with E-state index in [1.807, 2.05) is 13.0 Å². The van der Waals surface area contributed by atoms with Gasteiger partial charge in [0, 0.05) is 0 Å². The summed E-state index contributed by atoms with van der Waals surface area (Å²) in [5, 5.41) is 9.79. The number of hydrogen-bond acceptors (Lipinski definition) is 4. The number of carboxylic acid groups (broad SMARTS) is 1. The van der Waals surface area contributed by atoms with Gasteiger partial charge in [-0.1, -0.05) is 0 Å². The molecule has 2 aromatic heterocycles. The van der Waals surface area contributed by atoms with Crippen LogP contribution in [0.25, 0.3) is 20.8 Å². The molecule has 3 aromatic rings. The minimum absolute atomic E-state index is 0.279. The summed E-state index contributed by atoms with van der Waals surface area (Å²) in [4.78, 5) is 15.4. The minimum Gasteiger partial charge on any atom is -0.478 e. The van der Waals surface area contributed by atoms with Crippen LogP contribution in [-0.4, -0.2) is 16.1 Å². The highest BCUT2D eigenvalue weighted by atomic mass is 32.1. The molecule has 2 heterocycles. The average molecular weight is 259 g/mol. The van der Waals surface area contributed by atoms with Gasteiger partial charge in [0.1, 0.15) is 10.8 Å². The van der Waals surface area contributed by atoms with Gasteiger partial charge in [0.2, 0.25) is 0 Å². The molecule has 0 saturated heterocycles. The third kappa shape index (κ3) is 1.69. The van der Waals surface area contributed by atoms with Crippen molar-refractivity contribution in [1.29, 1.82) is 0 Å². The van der Waals surface area contributed by atoms with Crippen LogP contribution < -0.4 is 0 Å². The first kappa shape index (κ1) is 11.0. The summed E-state index contributed by atoms with van der Waals surface area (Å²) >= 11 is 1.47. The van der Waals surface area contributed by atoms with Gasteiger partial charge in [-0.3, -0.25) is 0 Å². The fraction of sp³-hybridized carbons (Fsp3) is 0.0769. The molecule has 0 spiro atoms. The summed E-state index contributed by atoms with van der Waals surface area (Å²) in [6.45, 7) is 1.88. The van der Waals surface area contributed by atoms with Crippen molar-refractivity contribution >= 4 is 27.5 Å². The molecule has 0 atom stereocenters. The van der Waals surface area contributed by atoms with Crippen molar-refractivity contribution in [2.24, 2.45) is 0 Å². The molecule has 1 N–H and O–H groups in total. The van der Waals surface area contributed by atoms with Crippen LogP contribution in [0.4, 0.5) is 0 Å². The van der Waals surface area contributed by atoms with Crippen molar-refractivity contribution in [3.8, 4) is 10.6 Å². The number of carboxylic acids is 1. The Balaban J connectivity index is 2.17. The van der Waals surface area contributed by atoms with Gasteiger partial charge >= 0.3 is 5.97 Å². The van der Waals surface area contributed by atoms with E-state index >= 15 is 0 Å². The lowest BCUT2D eigenvalue weighted by molar-refractivity contribution is 0.0697. The highest BCUT2D eigenvalue weighted by Crippen LogP contribution is 2.32. The molecule has 0 fully saturated rings. The second-order valence-electron chi connectivity index (χ2n) is 3.90. The van der Waals surface area contributed by atoms with Crippen LogP contribution in [0.5, 0.6) is 0 Å². The Morgan fingerprint density at radius 3 is 2.89 bits per heavy atom. The Morgan fingerprint density at radius 1 is 1.39 bits per heavy atom. The van der Waals surface area contributed by atoms with Crippen LogP contribution in [0.2, 0.25) is 0 Å². The number of aryl methyl sites for hydroxylation is 1. The normalized spacial score (nSPS) is 10.9. The van der Waals surface area contributed by atoms with Crippen molar-refractivity contribution < 1.29 is 14.3 Å². The summed E-state index contributed by atoms with van der Waals surface area (Å²) < 4.78 is 6.12. The molecule has 0 aliphatic rings.